The zero-order chi connectivity index (χ0) is 16.5. The molecule has 0 saturated carbocycles. The van der Waals surface area contributed by atoms with E-state index in [9.17, 15) is 4.39 Å². The molecule has 0 unspecified atom stereocenters. The Labute approximate surface area is 138 Å². The Balaban J connectivity index is 1.90. The van der Waals surface area contributed by atoms with Crippen molar-refractivity contribution in [2.75, 3.05) is 0 Å². The van der Waals surface area contributed by atoms with Crippen molar-refractivity contribution in [2.45, 2.75) is 13.5 Å². The second-order valence-electron chi connectivity index (χ2n) is 5.70. The minimum atomic E-state index is -0.268. The van der Waals surface area contributed by atoms with Crippen LogP contribution in [0.25, 0.3) is 22.2 Å². The first-order valence-electron chi connectivity index (χ1n) is 7.69. The minimum absolute atomic E-state index is 0.268. The molecule has 0 saturated heterocycles. The maximum absolute atomic E-state index is 14.3. The second kappa shape index (κ2) is 5.85. The molecule has 0 aliphatic rings. The quantitative estimate of drug-likeness (QED) is 0.574. The number of fused-ring (bicyclic) bond motifs is 1. The average Bonchev–Trinajstić information content (AvgIpc) is 2.97. The van der Waals surface area contributed by atoms with Crippen molar-refractivity contribution in [3.8, 4) is 11.3 Å². The maximum Gasteiger partial charge on any atom is 0.132 e. The summed E-state index contributed by atoms with van der Waals surface area (Å²) in [4.78, 5) is 8.39. The summed E-state index contributed by atoms with van der Waals surface area (Å²) in [6, 6.07) is 12.9. The van der Waals surface area contributed by atoms with E-state index in [-0.39, 0.29) is 5.82 Å². The third kappa shape index (κ3) is 2.54. The molecule has 4 aromatic rings. The van der Waals surface area contributed by atoms with Crippen molar-refractivity contribution in [1.82, 2.24) is 19.7 Å². The normalized spacial score (nSPS) is 11.1. The Bertz CT molecular complexity index is 1010. The molecule has 0 radical (unpaired) electrons. The predicted octanol–water partition coefficient (Wildman–Crippen LogP) is 3.99. The van der Waals surface area contributed by atoms with E-state index < -0.39 is 0 Å². The Morgan fingerprint density at radius 3 is 2.79 bits per heavy atom. The first-order chi connectivity index (χ1) is 11.7. The van der Waals surface area contributed by atoms with Gasteiger partial charge in [0, 0.05) is 23.3 Å². The lowest BCUT2D eigenvalue weighted by Crippen LogP contribution is -2.04. The molecular weight excluding hydrogens is 303 g/mol. The van der Waals surface area contributed by atoms with Gasteiger partial charge in [-0.2, -0.15) is 5.10 Å². The number of benzene rings is 2. The summed E-state index contributed by atoms with van der Waals surface area (Å²) in [5, 5.41) is 5.59. The number of para-hydroxylation sites is 1. The summed E-state index contributed by atoms with van der Waals surface area (Å²) in [5.74, 6) is -0.268. The molecule has 4 rings (SSSR count). The van der Waals surface area contributed by atoms with Crippen LogP contribution in [0.15, 0.2) is 61.1 Å². The molecule has 0 N–H and O–H groups in total. The SMILES string of the molecule is Cc1ccc(F)c(-c2nn(Cc3cnccn3)c3ccccc23)c1. The van der Waals surface area contributed by atoms with Gasteiger partial charge in [-0.05, 0) is 25.1 Å². The lowest BCUT2D eigenvalue weighted by atomic mass is 10.0. The van der Waals surface area contributed by atoms with Crippen molar-refractivity contribution in [2.24, 2.45) is 0 Å². The number of halogens is 1. The minimum Gasteiger partial charge on any atom is -0.261 e. The van der Waals surface area contributed by atoms with Gasteiger partial charge in [0.15, 0.2) is 0 Å². The van der Waals surface area contributed by atoms with E-state index in [1.807, 2.05) is 41.9 Å². The molecule has 0 atom stereocenters. The fourth-order valence-electron chi connectivity index (χ4n) is 2.83. The second-order valence-corrected chi connectivity index (χ2v) is 5.70. The van der Waals surface area contributed by atoms with Crippen molar-refractivity contribution in [3.05, 3.63) is 78.1 Å². The smallest absolute Gasteiger partial charge is 0.132 e. The van der Waals surface area contributed by atoms with E-state index in [0.717, 1.165) is 22.2 Å². The van der Waals surface area contributed by atoms with Crippen LogP contribution in [0.3, 0.4) is 0 Å². The van der Waals surface area contributed by atoms with Gasteiger partial charge in [-0.25, -0.2) is 4.39 Å². The van der Waals surface area contributed by atoms with Gasteiger partial charge in [-0.3, -0.25) is 14.6 Å². The number of aromatic nitrogens is 4. The van der Waals surface area contributed by atoms with E-state index in [4.69, 9.17) is 0 Å². The molecule has 0 aliphatic carbocycles. The summed E-state index contributed by atoms with van der Waals surface area (Å²) in [7, 11) is 0. The van der Waals surface area contributed by atoms with Crippen molar-refractivity contribution in [1.29, 1.82) is 0 Å². The highest BCUT2D eigenvalue weighted by Gasteiger charge is 2.15. The molecule has 0 spiro atoms. The highest BCUT2D eigenvalue weighted by atomic mass is 19.1. The molecule has 24 heavy (non-hydrogen) atoms. The van der Waals surface area contributed by atoms with Gasteiger partial charge in [0.1, 0.15) is 11.5 Å². The fraction of sp³-hybridized carbons (Fsp3) is 0.105. The third-order valence-electron chi connectivity index (χ3n) is 3.96. The molecule has 118 valence electrons. The molecule has 0 bridgehead atoms. The topological polar surface area (TPSA) is 43.6 Å². The number of nitrogens with zero attached hydrogens (tertiary/aromatic N) is 4. The Hall–Kier alpha value is -3.08. The summed E-state index contributed by atoms with van der Waals surface area (Å²) < 4.78 is 16.2. The zero-order valence-electron chi connectivity index (χ0n) is 13.1. The monoisotopic (exact) mass is 318 g/mol. The summed E-state index contributed by atoms with van der Waals surface area (Å²) >= 11 is 0. The third-order valence-corrected chi connectivity index (χ3v) is 3.96. The van der Waals surface area contributed by atoms with Crippen LogP contribution in [-0.2, 0) is 6.54 Å². The fourth-order valence-corrected chi connectivity index (χ4v) is 2.83. The maximum atomic E-state index is 14.3. The largest absolute Gasteiger partial charge is 0.261 e. The van der Waals surface area contributed by atoms with Gasteiger partial charge in [0.05, 0.1) is 24.0 Å². The first kappa shape index (κ1) is 14.5. The van der Waals surface area contributed by atoms with Gasteiger partial charge in [0.25, 0.3) is 0 Å². The van der Waals surface area contributed by atoms with Crippen molar-refractivity contribution in [3.63, 3.8) is 0 Å². The molecule has 2 heterocycles. The van der Waals surface area contributed by atoms with Gasteiger partial charge >= 0.3 is 0 Å². The van der Waals surface area contributed by atoms with Gasteiger partial charge in [-0.1, -0.05) is 29.8 Å². The van der Waals surface area contributed by atoms with Crippen LogP contribution in [0.4, 0.5) is 4.39 Å². The summed E-state index contributed by atoms with van der Waals surface area (Å²) in [5.41, 5.74) is 3.92. The van der Waals surface area contributed by atoms with Crippen LogP contribution in [0.1, 0.15) is 11.3 Å². The first-order valence-corrected chi connectivity index (χ1v) is 7.69. The Kier molecular flexibility index (Phi) is 3.54. The standard InChI is InChI=1S/C19H15FN4/c1-13-6-7-17(20)16(10-13)19-15-4-2-3-5-18(15)24(23-19)12-14-11-21-8-9-22-14/h2-11H,12H2,1H3. The number of aryl methyl sites for hydroxylation is 1. The molecule has 4 nitrogen and oxygen atoms in total. The zero-order valence-corrected chi connectivity index (χ0v) is 13.1. The van der Waals surface area contributed by atoms with Gasteiger partial charge in [0.2, 0.25) is 0 Å². The van der Waals surface area contributed by atoms with E-state index in [1.165, 1.54) is 6.07 Å². The summed E-state index contributed by atoms with van der Waals surface area (Å²) in [6.07, 6.45) is 5.00. The van der Waals surface area contributed by atoms with Gasteiger partial charge < -0.3 is 0 Å². The molecular formula is C19H15FN4. The van der Waals surface area contributed by atoms with E-state index in [2.05, 4.69) is 15.1 Å². The predicted molar refractivity (Wildman–Crippen MR) is 91.0 cm³/mol. The van der Waals surface area contributed by atoms with Crippen LogP contribution < -0.4 is 0 Å². The highest BCUT2D eigenvalue weighted by molar-refractivity contribution is 5.93. The average molecular weight is 318 g/mol. The highest BCUT2D eigenvalue weighted by Crippen LogP contribution is 2.30. The Morgan fingerprint density at radius 2 is 1.96 bits per heavy atom. The Morgan fingerprint density at radius 1 is 1.08 bits per heavy atom. The van der Waals surface area contributed by atoms with Crippen LogP contribution in [0.5, 0.6) is 0 Å². The molecule has 0 fully saturated rings. The number of hydrogen-bond acceptors (Lipinski definition) is 3. The van der Waals surface area contributed by atoms with Crippen LogP contribution in [0, 0.1) is 12.7 Å². The molecule has 0 aliphatic heterocycles. The van der Waals surface area contributed by atoms with Crippen molar-refractivity contribution < 1.29 is 4.39 Å². The molecule has 2 aromatic carbocycles. The van der Waals surface area contributed by atoms with E-state index in [1.54, 1.807) is 24.7 Å². The lowest BCUT2D eigenvalue weighted by molar-refractivity contribution is 0.628. The van der Waals surface area contributed by atoms with Crippen LogP contribution in [-0.4, -0.2) is 19.7 Å². The number of hydrogen-bond donors (Lipinski definition) is 0. The molecule has 2 aromatic heterocycles. The van der Waals surface area contributed by atoms with Crippen molar-refractivity contribution >= 4 is 10.9 Å². The van der Waals surface area contributed by atoms with E-state index in [0.29, 0.717) is 17.8 Å². The molecule has 0 amide bonds. The number of rotatable bonds is 3. The molecule has 5 heteroatoms. The van der Waals surface area contributed by atoms with E-state index >= 15 is 0 Å². The van der Waals surface area contributed by atoms with Crippen LogP contribution >= 0.6 is 0 Å². The summed E-state index contributed by atoms with van der Waals surface area (Å²) in [6.45, 7) is 2.43. The lowest BCUT2D eigenvalue weighted by Gasteiger charge is -2.03. The van der Waals surface area contributed by atoms with Gasteiger partial charge in [-0.15, -0.1) is 0 Å². The van der Waals surface area contributed by atoms with Crippen LogP contribution in [0.2, 0.25) is 0 Å².